The van der Waals surface area contributed by atoms with Crippen molar-refractivity contribution in [1.29, 1.82) is 0 Å². The van der Waals surface area contributed by atoms with Gasteiger partial charge in [-0.25, -0.2) is 0 Å². The van der Waals surface area contributed by atoms with Crippen molar-refractivity contribution in [3.63, 3.8) is 0 Å². The van der Waals surface area contributed by atoms with Crippen LogP contribution < -0.4 is 5.32 Å². The molecule has 0 aliphatic carbocycles. The summed E-state index contributed by atoms with van der Waals surface area (Å²) >= 11 is 0. The molecular formula is C14H17NO4. The molecule has 5 nitrogen and oxygen atoms in total. The van der Waals surface area contributed by atoms with E-state index < -0.39 is 29.9 Å². The number of carboxylic acids is 1. The van der Waals surface area contributed by atoms with Gasteiger partial charge in [0.15, 0.2) is 0 Å². The number of carbonyl (C=O) groups excluding carboxylic acids is 1. The molecule has 19 heavy (non-hydrogen) atoms. The van der Waals surface area contributed by atoms with Gasteiger partial charge in [0.05, 0.1) is 11.8 Å². The van der Waals surface area contributed by atoms with E-state index in [2.05, 4.69) is 5.32 Å². The van der Waals surface area contributed by atoms with Crippen molar-refractivity contribution < 1.29 is 19.8 Å². The van der Waals surface area contributed by atoms with E-state index in [1.54, 1.807) is 0 Å². The summed E-state index contributed by atoms with van der Waals surface area (Å²) in [6.07, 6.45) is -0.590. The molecule has 1 aliphatic heterocycles. The molecule has 102 valence electrons. The minimum atomic E-state index is -1.00. The molecule has 1 fully saturated rings. The van der Waals surface area contributed by atoms with Gasteiger partial charge in [-0.3, -0.25) is 9.59 Å². The van der Waals surface area contributed by atoms with E-state index in [9.17, 15) is 14.7 Å². The first-order valence-electron chi connectivity index (χ1n) is 6.27. The fourth-order valence-electron chi connectivity index (χ4n) is 2.66. The summed E-state index contributed by atoms with van der Waals surface area (Å²) in [7, 11) is 0. The number of carboxylic acid groups (broad SMARTS) is 1. The second kappa shape index (κ2) is 5.40. The summed E-state index contributed by atoms with van der Waals surface area (Å²) in [6.45, 7) is 1.53. The number of hydrogen-bond donors (Lipinski definition) is 3. The molecule has 1 saturated heterocycles. The normalized spacial score (nSPS) is 28.5. The van der Waals surface area contributed by atoms with E-state index >= 15 is 0 Å². The van der Waals surface area contributed by atoms with Gasteiger partial charge in [0, 0.05) is 5.92 Å². The zero-order valence-corrected chi connectivity index (χ0v) is 10.6. The van der Waals surface area contributed by atoms with Crippen LogP contribution in [0.3, 0.4) is 0 Å². The fraction of sp³-hybridized carbons (Fsp3) is 0.429. The lowest BCUT2D eigenvalue weighted by Gasteiger charge is -2.36. The lowest BCUT2D eigenvalue weighted by Crippen LogP contribution is -2.50. The van der Waals surface area contributed by atoms with E-state index in [-0.39, 0.29) is 5.92 Å². The maximum atomic E-state index is 12.0. The third kappa shape index (κ3) is 2.76. The Labute approximate surface area is 111 Å². The van der Waals surface area contributed by atoms with Crippen LogP contribution in [-0.4, -0.2) is 28.3 Å². The Balaban J connectivity index is 2.35. The number of aliphatic hydroxyl groups excluding tert-OH is 1. The van der Waals surface area contributed by atoms with Gasteiger partial charge in [-0.05, 0) is 12.0 Å². The molecule has 0 spiro atoms. The van der Waals surface area contributed by atoms with Crippen molar-refractivity contribution in [1.82, 2.24) is 5.32 Å². The number of benzene rings is 1. The van der Waals surface area contributed by atoms with Crippen molar-refractivity contribution in [2.75, 3.05) is 0 Å². The summed E-state index contributed by atoms with van der Waals surface area (Å²) < 4.78 is 0. The molecule has 4 atom stereocenters. The smallest absolute Gasteiger partial charge is 0.307 e. The minimum Gasteiger partial charge on any atom is -0.481 e. The first-order chi connectivity index (χ1) is 9.00. The van der Waals surface area contributed by atoms with Crippen LogP contribution in [0.4, 0.5) is 0 Å². The zero-order valence-electron chi connectivity index (χ0n) is 10.6. The number of hydrogen-bond acceptors (Lipinski definition) is 3. The van der Waals surface area contributed by atoms with E-state index in [0.29, 0.717) is 6.42 Å². The van der Waals surface area contributed by atoms with Crippen molar-refractivity contribution in [3.8, 4) is 0 Å². The largest absolute Gasteiger partial charge is 0.481 e. The van der Waals surface area contributed by atoms with Crippen LogP contribution in [0.1, 0.15) is 24.8 Å². The Morgan fingerprint density at radius 1 is 1.37 bits per heavy atom. The van der Waals surface area contributed by atoms with Gasteiger partial charge in [0.1, 0.15) is 6.23 Å². The van der Waals surface area contributed by atoms with E-state index in [1.807, 2.05) is 30.3 Å². The highest BCUT2D eigenvalue weighted by atomic mass is 16.4. The molecule has 3 N–H and O–H groups in total. The standard InChI is InChI=1S/C14H17NO4/c1-8(14(18)19)12-10(7-11(16)15-13(12)17)9-5-3-2-4-6-9/h2-6,8,10-12,16H,7H2,1H3,(H,15,17)(H,18,19). The summed E-state index contributed by atoms with van der Waals surface area (Å²) in [6, 6.07) is 9.26. The van der Waals surface area contributed by atoms with Gasteiger partial charge in [-0.1, -0.05) is 37.3 Å². The molecule has 4 unspecified atom stereocenters. The second-order valence-corrected chi connectivity index (χ2v) is 4.93. The van der Waals surface area contributed by atoms with E-state index in [0.717, 1.165) is 5.56 Å². The number of aliphatic carboxylic acids is 1. The first-order valence-corrected chi connectivity index (χ1v) is 6.27. The third-order valence-corrected chi connectivity index (χ3v) is 3.68. The number of piperidine rings is 1. The number of carbonyl (C=O) groups is 2. The molecule has 0 radical (unpaired) electrons. The Hall–Kier alpha value is -1.88. The van der Waals surface area contributed by atoms with Gasteiger partial charge in [0.25, 0.3) is 0 Å². The molecule has 2 rings (SSSR count). The molecule has 5 heteroatoms. The predicted octanol–water partition coefficient (Wildman–Crippen LogP) is 0.945. The highest BCUT2D eigenvalue weighted by Gasteiger charge is 2.42. The Bertz CT molecular complexity index is 474. The highest BCUT2D eigenvalue weighted by molar-refractivity contribution is 5.86. The summed E-state index contributed by atoms with van der Waals surface area (Å²) in [5.41, 5.74) is 0.884. The molecule has 0 bridgehead atoms. The zero-order chi connectivity index (χ0) is 14.0. The number of rotatable bonds is 3. The Morgan fingerprint density at radius 2 is 2.00 bits per heavy atom. The van der Waals surface area contributed by atoms with Crippen LogP contribution in [0, 0.1) is 11.8 Å². The second-order valence-electron chi connectivity index (χ2n) is 4.93. The molecule has 1 aliphatic rings. The maximum absolute atomic E-state index is 12.0. The summed E-state index contributed by atoms with van der Waals surface area (Å²) in [5, 5.41) is 21.2. The minimum absolute atomic E-state index is 0.281. The molecule has 1 heterocycles. The van der Waals surface area contributed by atoms with E-state index in [1.165, 1.54) is 6.92 Å². The van der Waals surface area contributed by atoms with Crippen LogP contribution in [-0.2, 0) is 9.59 Å². The average Bonchev–Trinajstić information content (AvgIpc) is 2.38. The molecule has 1 aromatic carbocycles. The maximum Gasteiger partial charge on any atom is 0.307 e. The molecule has 1 amide bonds. The van der Waals surface area contributed by atoms with E-state index in [4.69, 9.17) is 5.11 Å². The quantitative estimate of drug-likeness (QED) is 0.757. The third-order valence-electron chi connectivity index (χ3n) is 3.68. The molecular weight excluding hydrogens is 246 g/mol. The summed E-state index contributed by atoms with van der Waals surface area (Å²) in [5.74, 6) is -3.14. The fourth-order valence-corrected chi connectivity index (χ4v) is 2.66. The van der Waals surface area contributed by atoms with Crippen LogP contribution in [0.2, 0.25) is 0 Å². The Kier molecular flexibility index (Phi) is 3.85. The number of nitrogens with one attached hydrogen (secondary N) is 1. The monoisotopic (exact) mass is 263 g/mol. The van der Waals surface area contributed by atoms with Gasteiger partial charge >= 0.3 is 5.97 Å². The topological polar surface area (TPSA) is 86.6 Å². The number of aliphatic hydroxyl groups is 1. The van der Waals surface area contributed by atoms with Gasteiger partial charge < -0.3 is 15.5 Å². The van der Waals surface area contributed by atoms with Crippen LogP contribution >= 0.6 is 0 Å². The van der Waals surface area contributed by atoms with Crippen LogP contribution in [0.15, 0.2) is 30.3 Å². The van der Waals surface area contributed by atoms with Crippen molar-refractivity contribution in [3.05, 3.63) is 35.9 Å². The lowest BCUT2D eigenvalue weighted by molar-refractivity contribution is -0.150. The summed E-state index contributed by atoms with van der Waals surface area (Å²) in [4.78, 5) is 23.2. The lowest BCUT2D eigenvalue weighted by atomic mass is 9.74. The molecule has 0 saturated carbocycles. The van der Waals surface area contributed by atoms with Crippen molar-refractivity contribution in [2.45, 2.75) is 25.5 Å². The molecule has 1 aromatic rings. The Morgan fingerprint density at radius 3 is 2.58 bits per heavy atom. The number of amides is 1. The SMILES string of the molecule is CC(C(=O)O)C1C(=O)NC(O)CC1c1ccccc1. The van der Waals surface area contributed by atoms with Gasteiger partial charge in [-0.15, -0.1) is 0 Å². The van der Waals surface area contributed by atoms with Crippen LogP contribution in [0.25, 0.3) is 0 Å². The van der Waals surface area contributed by atoms with Crippen LogP contribution in [0.5, 0.6) is 0 Å². The van der Waals surface area contributed by atoms with Gasteiger partial charge in [0.2, 0.25) is 5.91 Å². The van der Waals surface area contributed by atoms with Crippen molar-refractivity contribution in [2.24, 2.45) is 11.8 Å². The predicted molar refractivity (Wildman–Crippen MR) is 68.2 cm³/mol. The molecule has 0 aromatic heterocycles. The average molecular weight is 263 g/mol. The highest BCUT2D eigenvalue weighted by Crippen LogP contribution is 2.37. The first kappa shape index (κ1) is 13.5. The van der Waals surface area contributed by atoms with Gasteiger partial charge in [-0.2, -0.15) is 0 Å². The van der Waals surface area contributed by atoms with Crippen molar-refractivity contribution >= 4 is 11.9 Å².